The standard InChI is InChI=1S/C10H12N4O/c1-15-9-2-3-11-10(4-9)12-5-8-6-13-14-7-8/h2-4,6-7H,5H2,1H3,(H,11,12)(H,13,14). The molecule has 0 aliphatic heterocycles. The first-order valence-electron chi connectivity index (χ1n) is 4.60. The summed E-state index contributed by atoms with van der Waals surface area (Å²) in [7, 11) is 1.63. The minimum absolute atomic E-state index is 0.691. The summed E-state index contributed by atoms with van der Waals surface area (Å²) in [5, 5.41) is 9.78. The molecule has 2 rings (SSSR count). The molecular weight excluding hydrogens is 192 g/mol. The molecular formula is C10H12N4O. The fourth-order valence-corrected chi connectivity index (χ4v) is 1.20. The Balaban J connectivity index is 1.98. The van der Waals surface area contributed by atoms with E-state index in [1.807, 2.05) is 18.3 Å². The van der Waals surface area contributed by atoms with Crippen LogP contribution in [0.5, 0.6) is 5.75 Å². The van der Waals surface area contributed by atoms with E-state index in [-0.39, 0.29) is 0 Å². The number of anilines is 1. The summed E-state index contributed by atoms with van der Waals surface area (Å²) >= 11 is 0. The second-order valence-electron chi connectivity index (χ2n) is 3.04. The molecule has 5 heteroatoms. The van der Waals surface area contributed by atoms with Crippen molar-refractivity contribution in [2.24, 2.45) is 0 Å². The van der Waals surface area contributed by atoms with Crippen LogP contribution < -0.4 is 10.1 Å². The van der Waals surface area contributed by atoms with Crippen molar-refractivity contribution in [3.05, 3.63) is 36.3 Å². The van der Waals surface area contributed by atoms with E-state index in [1.54, 1.807) is 19.5 Å². The van der Waals surface area contributed by atoms with Gasteiger partial charge in [-0.3, -0.25) is 5.10 Å². The molecule has 0 spiro atoms. The summed E-state index contributed by atoms with van der Waals surface area (Å²) in [6.07, 6.45) is 5.32. The zero-order valence-electron chi connectivity index (χ0n) is 8.40. The fraction of sp³-hybridized carbons (Fsp3) is 0.200. The number of aromatic nitrogens is 3. The number of hydrogen-bond donors (Lipinski definition) is 2. The predicted octanol–water partition coefficient (Wildman–Crippen LogP) is 1.43. The van der Waals surface area contributed by atoms with Crippen LogP contribution in [0, 0.1) is 0 Å². The van der Waals surface area contributed by atoms with Crippen LogP contribution >= 0.6 is 0 Å². The number of hydrogen-bond acceptors (Lipinski definition) is 4. The molecule has 0 fully saturated rings. The van der Waals surface area contributed by atoms with Crippen LogP contribution in [0.25, 0.3) is 0 Å². The highest BCUT2D eigenvalue weighted by molar-refractivity contribution is 5.40. The molecule has 0 aliphatic rings. The largest absolute Gasteiger partial charge is 0.497 e. The van der Waals surface area contributed by atoms with E-state index in [0.29, 0.717) is 6.54 Å². The molecule has 0 saturated heterocycles. The van der Waals surface area contributed by atoms with Gasteiger partial charge in [-0.15, -0.1) is 0 Å². The maximum atomic E-state index is 5.09. The summed E-state index contributed by atoms with van der Waals surface area (Å²) in [5.41, 5.74) is 1.08. The van der Waals surface area contributed by atoms with Gasteiger partial charge in [-0.05, 0) is 6.07 Å². The number of methoxy groups -OCH3 is 1. The Morgan fingerprint density at radius 3 is 3.20 bits per heavy atom. The van der Waals surface area contributed by atoms with Gasteiger partial charge in [-0.1, -0.05) is 0 Å². The minimum atomic E-state index is 0.691. The molecule has 78 valence electrons. The molecule has 0 aliphatic carbocycles. The van der Waals surface area contributed by atoms with Gasteiger partial charge in [0.15, 0.2) is 0 Å². The van der Waals surface area contributed by atoms with Gasteiger partial charge in [-0.2, -0.15) is 5.10 Å². The third-order valence-corrected chi connectivity index (χ3v) is 2.00. The minimum Gasteiger partial charge on any atom is -0.497 e. The summed E-state index contributed by atoms with van der Waals surface area (Å²) < 4.78 is 5.09. The summed E-state index contributed by atoms with van der Waals surface area (Å²) in [4.78, 5) is 4.17. The maximum Gasteiger partial charge on any atom is 0.129 e. The van der Waals surface area contributed by atoms with Crippen LogP contribution in [-0.4, -0.2) is 22.3 Å². The normalized spacial score (nSPS) is 9.93. The SMILES string of the molecule is COc1ccnc(NCc2cn[nH]c2)c1. The lowest BCUT2D eigenvalue weighted by molar-refractivity contribution is 0.414. The lowest BCUT2D eigenvalue weighted by Crippen LogP contribution is -2.00. The fourth-order valence-electron chi connectivity index (χ4n) is 1.20. The first-order valence-corrected chi connectivity index (χ1v) is 4.60. The highest BCUT2D eigenvalue weighted by Gasteiger charge is 1.97. The predicted molar refractivity (Wildman–Crippen MR) is 56.7 cm³/mol. The molecule has 0 saturated carbocycles. The van der Waals surface area contributed by atoms with Crippen molar-refractivity contribution in [2.45, 2.75) is 6.54 Å². The maximum absolute atomic E-state index is 5.09. The Bertz CT molecular complexity index is 413. The lowest BCUT2D eigenvalue weighted by Gasteiger charge is -2.05. The van der Waals surface area contributed by atoms with Crippen molar-refractivity contribution in [1.82, 2.24) is 15.2 Å². The van der Waals surface area contributed by atoms with Crippen LogP contribution in [0.15, 0.2) is 30.7 Å². The van der Waals surface area contributed by atoms with Crippen molar-refractivity contribution < 1.29 is 4.74 Å². The zero-order valence-corrected chi connectivity index (χ0v) is 8.40. The Morgan fingerprint density at radius 1 is 1.53 bits per heavy atom. The topological polar surface area (TPSA) is 62.8 Å². The Hall–Kier alpha value is -2.04. The number of ether oxygens (including phenoxy) is 1. The van der Waals surface area contributed by atoms with Crippen LogP contribution in [-0.2, 0) is 6.54 Å². The molecule has 2 aromatic rings. The van der Waals surface area contributed by atoms with Crippen LogP contribution in [0.4, 0.5) is 5.82 Å². The molecule has 0 atom stereocenters. The van der Waals surface area contributed by atoms with Crippen molar-refractivity contribution in [3.63, 3.8) is 0 Å². The van der Waals surface area contributed by atoms with Gasteiger partial charge in [-0.25, -0.2) is 4.98 Å². The summed E-state index contributed by atoms with van der Waals surface area (Å²) in [5.74, 6) is 1.58. The van der Waals surface area contributed by atoms with Crippen molar-refractivity contribution in [1.29, 1.82) is 0 Å². The van der Waals surface area contributed by atoms with E-state index < -0.39 is 0 Å². The second-order valence-corrected chi connectivity index (χ2v) is 3.04. The first kappa shape index (κ1) is 9.51. The molecule has 0 unspecified atom stereocenters. The van der Waals surface area contributed by atoms with Gasteiger partial charge < -0.3 is 10.1 Å². The van der Waals surface area contributed by atoms with Crippen LogP contribution in [0.2, 0.25) is 0 Å². The Labute approximate surface area is 87.5 Å². The van der Waals surface area contributed by atoms with Gasteiger partial charge in [0.05, 0.1) is 13.3 Å². The third kappa shape index (κ3) is 2.46. The van der Waals surface area contributed by atoms with E-state index in [0.717, 1.165) is 17.1 Å². The van der Waals surface area contributed by atoms with Crippen molar-refractivity contribution in [2.75, 3.05) is 12.4 Å². The average molecular weight is 204 g/mol. The molecule has 15 heavy (non-hydrogen) atoms. The van der Waals surface area contributed by atoms with Gasteiger partial charge in [0.2, 0.25) is 0 Å². The van der Waals surface area contributed by atoms with Gasteiger partial charge >= 0.3 is 0 Å². The van der Waals surface area contributed by atoms with E-state index >= 15 is 0 Å². The highest BCUT2D eigenvalue weighted by atomic mass is 16.5. The number of aromatic amines is 1. The smallest absolute Gasteiger partial charge is 0.129 e. The number of rotatable bonds is 4. The van der Waals surface area contributed by atoms with E-state index in [2.05, 4.69) is 20.5 Å². The molecule has 2 N–H and O–H groups in total. The molecule has 0 aromatic carbocycles. The third-order valence-electron chi connectivity index (χ3n) is 2.00. The van der Waals surface area contributed by atoms with Crippen LogP contribution in [0.3, 0.4) is 0 Å². The lowest BCUT2D eigenvalue weighted by atomic mass is 10.3. The highest BCUT2D eigenvalue weighted by Crippen LogP contribution is 2.14. The molecule has 0 radical (unpaired) electrons. The number of H-pyrrole nitrogens is 1. The number of nitrogens with zero attached hydrogens (tertiary/aromatic N) is 2. The molecule has 0 bridgehead atoms. The van der Waals surface area contributed by atoms with Gasteiger partial charge in [0, 0.05) is 30.6 Å². The number of pyridine rings is 1. The van der Waals surface area contributed by atoms with Gasteiger partial charge in [0.1, 0.15) is 11.6 Å². The zero-order chi connectivity index (χ0) is 10.5. The average Bonchev–Trinajstić information content (AvgIpc) is 2.79. The molecule has 2 heterocycles. The monoisotopic (exact) mass is 204 g/mol. The Morgan fingerprint density at radius 2 is 2.47 bits per heavy atom. The molecule has 0 amide bonds. The van der Waals surface area contributed by atoms with Crippen LogP contribution in [0.1, 0.15) is 5.56 Å². The first-order chi connectivity index (χ1) is 7.38. The van der Waals surface area contributed by atoms with E-state index in [9.17, 15) is 0 Å². The van der Waals surface area contributed by atoms with E-state index in [4.69, 9.17) is 4.74 Å². The van der Waals surface area contributed by atoms with Crippen molar-refractivity contribution >= 4 is 5.82 Å². The van der Waals surface area contributed by atoms with E-state index in [1.165, 1.54) is 0 Å². The quantitative estimate of drug-likeness (QED) is 0.790. The van der Waals surface area contributed by atoms with Crippen molar-refractivity contribution in [3.8, 4) is 5.75 Å². The second kappa shape index (κ2) is 4.45. The summed E-state index contributed by atoms with van der Waals surface area (Å²) in [6.45, 7) is 0.691. The summed E-state index contributed by atoms with van der Waals surface area (Å²) in [6, 6.07) is 3.66. The molecule has 2 aromatic heterocycles. The molecule has 5 nitrogen and oxygen atoms in total. The number of nitrogens with one attached hydrogen (secondary N) is 2. The Kier molecular flexibility index (Phi) is 2.82. The van der Waals surface area contributed by atoms with Gasteiger partial charge in [0.25, 0.3) is 0 Å².